The van der Waals surface area contributed by atoms with Crippen LogP contribution in [0.3, 0.4) is 0 Å². The summed E-state index contributed by atoms with van der Waals surface area (Å²) in [6, 6.07) is 18.0. The highest BCUT2D eigenvalue weighted by molar-refractivity contribution is 6.08. The SMILES string of the molecule is N=C=O.c1ccc2c(c1)ccc1c3c(ccc12)CCCC3. The zero-order chi connectivity index (χ0) is 14.7. The highest BCUT2D eigenvalue weighted by Crippen LogP contribution is 2.32. The summed E-state index contributed by atoms with van der Waals surface area (Å²) in [5.41, 5.74) is 3.17. The number of benzene rings is 3. The van der Waals surface area contributed by atoms with Crippen LogP contribution in [-0.2, 0) is 17.6 Å². The second-order valence-electron chi connectivity index (χ2n) is 5.39. The normalized spacial score (nSPS) is 13.1. The van der Waals surface area contributed by atoms with Gasteiger partial charge in [-0.25, -0.2) is 10.2 Å². The average Bonchev–Trinajstić information content (AvgIpc) is 2.55. The van der Waals surface area contributed by atoms with Crippen molar-refractivity contribution < 1.29 is 4.79 Å². The van der Waals surface area contributed by atoms with Crippen LogP contribution < -0.4 is 0 Å². The van der Waals surface area contributed by atoms with Crippen molar-refractivity contribution in [1.29, 1.82) is 5.41 Å². The Bertz CT molecular complexity index is 829. The highest BCUT2D eigenvalue weighted by Gasteiger charge is 2.12. The van der Waals surface area contributed by atoms with E-state index in [1.54, 1.807) is 11.1 Å². The molecule has 3 aromatic rings. The second-order valence-corrected chi connectivity index (χ2v) is 5.39. The molecule has 1 N–H and O–H groups in total. The van der Waals surface area contributed by atoms with E-state index in [4.69, 9.17) is 10.2 Å². The van der Waals surface area contributed by atoms with Crippen LogP contribution in [0.5, 0.6) is 0 Å². The van der Waals surface area contributed by atoms with Crippen molar-refractivity contribution in [2.45, 2.75) is 25.7 Å². The zero-order valence-electron chi connectivity index (χ0n) is 11.9. The van der Waals surface area contributed by atoms with Gasteiger partial charge in [0.15, 0.2) is 0 Å². The number of carbonyl (C=O) groups excluding carboxylic acids is 1. The first-order valence-corrected chi connectivity index (χ1v) is 7.31. The first-order valence-electron chi connectivity index (χ1n) is 7.31. The Labute approximate surface area is 123 Å². The Morgan fingerprint density at radius 3 is 2.38 bits per heavy atom. The molecule has 4 rings (SSSR count). The van der Waals surface area contributed by atoms with E-state index in [9.17, 15) is 0 Å². The number of hydrogen-bond donors (Lipinski definition) is 1. The van der Waals surface area contributed by atoms with Gasteiger partial charge >= 0.3 is 0 Å². The molecule has 2 heteroatoms. The Morgan fingerprint density at radius 1 is 0.810 bits per heavy atom. The van der Waals surface area contributed by atoms with Gasteiger partial charge < -0.3 is 0 Å². The molecular formula is C19H17NO. The number of isocyanates is 1. The Kier molecular flexibility index (Phi) is 3.81. The van der Waals surface area contributed by atoms with E-state index in [-0.39, 0.29) is 0 Å². The molecule has 0 aromatic heterocycles. The van der Waals surface area contributed by atoms with Gasteiger partial charge in [0.1, 0.15) is 0 Å². The Balaban J connectivity index is 0.000000409. The van der Waals surface area contributed by atoms with Crippen molar-refractivity contribution in [2.75, 3.05) is 0 Å². The number of rotatable bonds is 0. The van der Waals surface area contributed by atoms with Crippen molar-refractivity contribution in [3.8, 4) is 0 Å². The van der Waals surface area contributed by atoms with E-state index in [0.29, 0.717) is 0 Å². The number of hydrogen-bond acceptors (Lipinski definition) is 2. The number of nitrogens with one attached hydrogen (secondary N) is 1. The van der Waals surface area contributed by atoms with Gasteiger partial charge in [-0.2, -0.15) is 0 Å². The number of fused-ring (bicyclic) bond motifs is 5. The van der Waals surface area contributed by atoms with Crippen LogP contribution in [0.15, 0.2) is 48.5 Å². The van der Waals surface area contributed by atoms with E-state index in [1.807, 2.05) is 0 Å². The van der Waals surface area contributed by atoms with E-state index in [0.717, 1.165) is 6.08 Å². The lowest BCUT2D eigenvalue weighted by molar-refractivity contribution is 0.563. The third-order valence-electron chi connectivity index (χ3n) is 4.26. The van der Waals surface area contributed by atoms with Gasteiger partial charge in [0.05, 0.1) is 0 Å². The van der Waals surface area contributed by atoms with Gasteiger partial charge in [-0.05, 0) is 58.4 Å². The first-order chi connectivity index (χ1) is 10.3. The van der Waals surface area contributed by atoms with Crippen LogP contribution in [0.25, 0.3) is 21.5 Å². The first kappa shape index (κ1) is 13.5. The monoisotopic (exact) mass is 275 g/mol. The summed E-state index contributed by atoms with van der Waals surface area (Å²) in [6.45, 7) is 0. The Hall–Kier alpha value is -2.44. The summed E-state index contributed by atoms with van der Waals surface area (Å²) in [4.78, 5) is 8.35. The van der Waals surface area contributed by atoms with Crippen molar-refractivity contribution in [3.63, 3.8) is 0 Å². The smallest absolute Gasteiger partial charge is 0.222 e. The molecule has 21 heavy (non-hydrogen) atoms. The summed E-state index contributed by atoms with van der Waals surface area (Å²) in [5.74, 6) is 0. The fraction of sp³-hybridized carbons (Fsp3) is 0.211. The van der Waals surface area contributed by atoms with Gasteiger partial charge in [0, 0.05) is 0 Å². The molecule has 0 amide bonds. The van der Waals surface area contributed by atoms with E-state index >= 15 is 0 Å². The molecule has 0 unspecified atom stereocenters. The van der Waals surface area contributed by atoms with Gasteiger partial charge in [0.25, 0.3) is 0 Å². The molecule has 0 heterocycles. The van der Waals surface area contributed by atoms with Crippen molar-refractivity contribution in [3.05, 3.63) is 59.7 Å². The van der Waals surface area contributed by atoms with Crippen LogP contribution >= 0.6 is 0 Å². The van der Waals surface area contributed by atoms with Crippen LogP contribution in [0.2, 0.25) is 0 Å². The average molecular weight is 275 g/mol. The van der Waals surface area contributed by atoms with Crippen molar-refractivity contribution in [2.24, 2.45) is 0 Å². The maximum Gasteiger partial charge on any atom is 0.231 e. The molecule has 0 aliphatic heterocycles. The molecular weight excluding hydrogens is 258 g/mol. The molecule has 0 fully saturated rings. The van der Waals surface area contributed by atoms with Crippen LogP contribution in [0.4, 0.5) is 0 Å². The molecule has 104 valence electrons. The Morgan fingerprint density at radius 2 is 1.52 bits per heavy atom. The molecule has 0 atom stereocenters. The molecule has 0 saturated carbocycles. The van der Waals surface area contributed by atoms with Gasteiger partial charge in [0.2, 0.25) is 6.08 Å². The molecule has 2 nitrogen and oxygen atoms in total. The van der Waals surface area contributed by atoms with Gasteiger partial charge in [-0.1, -0.05) is 48.5 Å². The van der Waals surface area contributed by atoms with Crippen LogP contribution in [0.1, 0.15) is 24.0 Å². The summed E-state index contributed by atoms with van der Waals surface area (Å²) in [5, 5.41) is 11.0. The third kappa shape index (κ3) is 2.46. The summed E-state index contributed by atoms with van der Waals surface area (Å²) >= 11 is 0. The maximum absolute atomic E-state index is 8.35. The standard InChI is InChI=1S/C18H16.CHNO/c1-3-7-15-13(5-1)9-11-18-16-8-4-2-6-14(16)10-12-17(15)18;2-1-3/h1,3,5,7,9-12H,2,4,6,8H2;2H. The maximum atomic E-state index is 8.35. The fourth-order valence-electron chi connectivity index (χ4n) is 3.34. The summed E-state index contributed by atoms with van der Waals surface area (Å²) < 4.78 is 0. The van der Waals surface area contributed by atoms with Crippen molar-refractivity contribution in [1.82, 2.24) is 0 Å². The van der Waals surface area contributed by atoms with E-state index in [1.165, 1.54) is 47.2 Å². The summed E-state index contributed by atoms with van der Waals surface area (Å²) in [6.07, 6.45) is 5.97. The minimum Gasteiger partial charge on any atom is -0.222 e. The molecule has 1 aliphatic rings. The van der Waals surface area contributed by atoms with Gasteiger partial charge in [-0.3, -0.25) is 0 Å². The molecule has 0 bridgehead atoms. The van der Waals surface area contributed by atoms with E-state index < -0.39 is 0 Å². The molecule has 1 aliphatic carbocycles. The fourth-order valence-corrected chi connectivity index (χ4v) is 3.34. The predicted molar refractivity (Wildman–Crippen MR) is 86.5 cm³/mol. The lowest BCUT2D eigenvalue weighted by atomic mass is 9.86. The largest absolute Gasteiger partial charge is 0.231 e. The van der Waals surface area contributed by atoms with Crippen LogP contribution in [0, 0.1) is 5.41 Å². The predicted octanol–water partition coefficient (Wildman–Crippen LogP) is 4.77. The molecule has 0 radical (unpaired) electrons. The van der Waals surface area contributed by atoms with Crippen molar-refractivity contribution >= 4 is 27.6 Å². The lowest BCUT2D eigenvalue weighted by Crippen LogP contribution is -2.02. The van der Waals surface area contributed by atoms with E-state index in [2.05, 4.69) is 48.5 Å². The topological polar surface area (TPSA) is 40.9 Å². The zero-order valence-corrected chi connectivity index (χ0v) is 11.9. The molecule has 0 saturated heterocycles. The quantitative estimate of drug-likeness (QED) is 0.358. The minimum absolute atomic E-state index is 0.750. The minimum atomic E-state index is 0.750. The summed E-state index contributed by atoms with van der Waals surface area (Å²) in [7, 11) is 0. The molecule has 3 aromatic carbocycles. The van der Waals surface area contributed by atoms with Gasteiger partial charge in [-0.15, -0.1) is 0 Å². The molecule has 0 spiro atoms. The third-order valence-corrected chi connectivity index (χ3v) is 4.26. The lowest BCUT2D eigenvalue weighted by Gasteiger charge is -2.18. The highest BCUT2D eigenvalue weighted by atomic mass is 16.1. The van der Waals surface area contributed by atoms with Crippen LogP contribution in [-0.4, -0.2) is 6.08 Å². The second kappa shape index (κ2) is 5.90. The number of aryl methyl sites for hydroxylation is 2.